The van der Waals surface area contributed by atoms with Gasteiger partial charge >= 0.3 is 0 Å². The molecule has 0 unspecified atom stereocenters. The van der Waals surface area contributed by atoms with Crippen LogP contribution in [0.2, 0.25) is 0 Å². The lowest BCUT2D eigenvalue weighted by molar-refractivity contribution is 0.364. The van der Waals surface area contributed by atoms with Crippen molar-refractivity contribution in [3.05, 3.63) is 29.8 Å². The van der Waals surface area contributed by atoms with Crippen LogP contribution >= 0.6 is 0 Å². The fourth-order valence-corrected chi connectivity index (χ4v) is 4.00. The van der Waals surface area contributed by atoms with Gasteiger partial charge < -0.3 is 0 Å². The quantitative estimate of drug-likeness (QED) is 0.860. The molecule has 108 valence electrons. The molecule has 2 rings (SSSR count). The number of hydrogen-bond donors (Lipinski definition) is 0. The molecule has 0 radical (unpaired) electrons. The van der Waals surface area contributed by atoms with Crippen molar-refractivity contribution in [2.24, 2.45) is 0 Å². The zero-order chi connectivity index (χ0) is 14.4. The van der Waals surface area contributed by atoms with Crippen molar-refractivity contribution < 1.29 is 8.42 Å². The maximum Gasteiger partial charge on any atom is 0.243 e. The van der Waals surface area contributed by atoms with Gasteiger partial charge in [-0.25, -0.2) is 8.42 Å². The molecule has 20 heavy (non-hydrogen) atoms. The maximum absolute atomic E-state index is 12.6. The van der Waals surface area contributed by atoms with Crippen LogP contribution in [0.15, 0.2) is 29.2 Å². The fraction of sp³-hybridized carbons (Fsp3) is 0.533. The first-order valence-electron chi connectivity index (χ1n) is 7.10. The third-order valence-corrected chi connectivity index (χ3v) is 5.57. The van der Waals surface area contributed by atoms with E-state index in [-0.39, 0.29) is 0 Å². The minimum Gasteiger partial charge on any atom is -0.207 e. The van der Waals surface area contributed by atoms with Gasteiger partial charge in [-0.1, -0.05) is 31.4 Å². The van der Waals surface area contributed by atoms with Crippen LogP contribution in [0.3, 0.4) is 0 Å². The summed E-state index contributed by atoms with van der Waals surface area (Å²) in [6, 6.07) is 8.73. The molecule has 1 aromatic carbocycles. The predicted molar refractivity (Wildman–Crippen MR) is 77.6 cm³/mol. The normalized spacial score (nSPS) is 17.9. The van der Waals surface area contributed by atoms with E-state index in [1.807, 2.05) is 0 Å². The van der Waals surface area contributed by atoms with E-state index in [0.29, 0.717) is 24.4 Å². The van der Waals surface area contributed by atoms with Gasteiger partial charge in [-0.05, 0) is 30.5 Å². The molecule has 0 amide bonds. The Hall–Kier alpha value is -1.38. The monoisotopic (exact) mass is 292 g/mol. The Morgan fingerprint density at radius 2 is 1.55 bits per heavy atom. The van der Waals surface area contributed by atoms with Gasteiger partial charge in [0, 0.05) is 13.1 Å². The Morgan fingerprint density at radius 1 is 1.00 bits per heavy atom. The summed E-state index contributed by atoms with van der Waals surface area (Å²) in [5.41, 5.74) is 0.846. The van der Waals surface area contributed by atoms with Gasteiger partial charge in [0.1, 0.15) is 0 Å². The Morgan fingerprint density at radius 3 is 2.10 bits per heavy atom. The summed E-state index contributed by atoms with van der Waals surface area (Å²) in [5, 5.41) is 8.63. The lowest BCUT2D eigenvalue weighted by atomic mass is 10.1. The Labute approximate surface area is 121 Å². The van der Waals surface area contributed by atoms with E-state index >= 15 is 0 Å². The van der Waals surface area contributed by atoms with Crippen LogP contribution in [0.1, 0.15) is 37.7 Å². The van der Waals surface area contributed by atoms with Crippen LogP contribution < -0.4 is 0 Å². The van der Waals surface area contributed by atoms with Crippen LogP contribution in [0, 0.1) is 11.3 Å². The summed E-state index contributed by atoms with van der Waals surface area (Å²) in [6.45, 7) is 1.23. The minimum atomic E-state index is -3.38. The number of sulfonamides is 1. The van der Waals surface area contributed by atoms with E-state index in [1.54, 1.807) is 28.6 Å². The van der Waals surface area contributed by atoms with Crippen LogP contribution in [0.4, 0.5) is 0 Å². The van der Waals surface area contributed by atoms with E-state index in [9.17, 15) is 8.42 Å². The molecule has 0 N–H and O–H groups in total. The highest BCUT2D eigenvalue weighted by Gasteiger charge is 2.24. The number of benzene rings is 1. The topological polar surface area (TPSA) is 61.2 Å². The summed E-state index contributed by atoms with van der Waals surface area (Å²) in [6.07, 6.45) is 5.60. The zero-order valence-corrected chi connectivity index (χ0v) is 12.4. The van der Waals surface area contributed by atoms with Crippen molar-refractivity contribution in [3.63, 3.8) is 0 Å². The molecule has 0 aliphatic carbocycles. The average Bonchev–Trinajstić information content (AvgIpc) is 2.39. The van der Waals surface area contributed by atoms with Crippen LogP contribution in [-0.2, 0) is 16.4 Å². The van der Waals surface area contributed by atoms with Crippen molar-refractivity contribution in [1.82, 2.24) is 4.31 Å². The van der Waals surface area contributed by atoms with Gasteiger partial charge in [0.25, 0.3) is 0 Å². The largest absolute Gasteiger partial charge is 0.243 e. The minimum absolute atomic E-state index is 0.310. The average molecular weight is 292 g/mol. The summed E-state index contributed by atoms with van der Waals surface area (Å²) >= 11 is 0. The third-order valence-electron chi connectivity index (χ3n) is 3.66. The van der Waals surface area contributed by atoms with Crippen molar-refractivity contribution in [1.29, 1.82) is 5.26 Å². The van der Waals surface area contributed by atoms with Gasteiger partial charge in [0.05, 0.1) is 17.4 Å². The maximum atomic E-state index is 12.6. The first kappa shape index (κ1) is 15.0. The molecule has 1 heterocycles. The van der Waals surface area contributed by atoms with Crippen molar-refractivity contribution in [2.45, 2.75) is 43.4 Å². The standard InChI is InChI=1S/C15H20N2O2S/c16-11-10-14-6-8-15(9-7-14)20(18,19)17-12-4-2-1-3-5-13-17/h6-9H,1-5,10,12-13H2. The first-order valence-corrected chi connectivity index (χ1v) is 8.54. The van der Waals surface area contributed by atoms with Gasteiger partial charge in [-0.15, -0.1) is 0 Å². The number of nitrogens with zero attached hydrogens (tertiary/aromatic N) is 2. The van der Waals surface area contributed by atoms with Crippen molar-refractivity contribution in [3.8, 4) is 6.07 Å². The Balaban J connectivity index is 2.17. The second-order valence-electron chi connectivity index (χ2n) is 5.15. The van der Waals surface area contributed by atoms with Crippen LogP contribution in [0.25, 0.3) is 0 Å². The molecule has 0 spiro atoms. The van der Waals surface area contributed by atoms with E-state index in [0.717, 1.165) is 31.2 Å². The second kappa shape index (κ2) is 6.87. The molecule has 1 aliphatic heterocycles. The SMILES string of the molecule is N#CCc1ccc(S(=O)(=O)N2CCCCCCC2)cc1. The summed E-state index contributed by atoms with van der Waals surface area (Å²) in [4.78, 5) is 0.333. The Kier molecular flexibility index (Phi) is 5.16. The lowest BCUT2D eigenvalue weighted by Crippen LogP contribution is -2.33. The number of rotatable bonds is 3. The zero-order valence-electron chi connectivity index (χ0n) is 11.6. The van der Waals surface area contributed by atoms with Gasteiger partial charge in [0.15, 0.2) is 0 Å². The molecule has 1 saturated heterocycles. The molecule has 1 aromatic rings. The van der Waals surface area contributed by atoms with Gasteiger partial charge in [0.2, 0.25) is 10.0 Å². The van der Waals surface area contributed by atoms with E-state index < -0.39 is 10.0 Å². The van der Waals surface area contributed by atoms with E-state index in [2.05, 4.69) is 6.07 Å². The van der Waals surface area contributed by atoms with E-state index in [4.69, 9.17) is 5.26 Å². The summed E-state index contributed by atoms with van der Waals surface area (Å²) in [7, 11) is -3.38. The predicted octanol–water partition coefficient (Wildman–Crippen LogP) is 2.71. The molecule has 0 aromatic heterocycles. The van der Waals surface area contributed by atoms with Crippen molar-refractivity contribution in [2.75, 3.05) is 13.1 Å². The van der Waals surface area contributed by atoms with Crippen LogP contribution in [-0.4, -0.2) is 25.8 Å². The summed E-state index contributed by atoms with van der Waals surface area (Å²) < 4.78 is 26.8. The highest BCUT2D eigenvalue weighted by molar-refractivity contribution is 7.89. The second-order valence-corrected chi connectivity index (χ2v) is 7.09. The van der Waals surface area contributed by atoms with Crippen molar-refractivity contribution >= 4 is 10.0 Å². The highest BCUT2D eigenvalue weighted by atomic mass is 32.2. The molecule has 0 atom stereocenters. The number of nitriles is 1. The molecule has 1 aliphatic rings. The molecular weight excluding hydrogens is 272 g/mol. The third kappa shape index (κ3) is 3.59. The van der Waals surface area contributed by atoms with Crippen LogP contribution in [0.5, 0.6) is 0 Å². The summed E-state index contributed by atoms with van der Waals surface area (Å²) in [5.74, 6) is 0. The molecule has 5 heteroatoms. The fourth-order valence-electron chi connectivity index (χ4n) is 2.48. The molecule has 0 saturated carbocycles. The Bertz CT molecular complexity index is 565. The molecule has 0 bridgehead atoms. The number of hydrogen-bond acceptors (Lipinski definition) is 3. The lowest BCUT2D eigenvalue weighted by Gasteiger charge is -2.24. The smallest absolute Gasteiger partial charge is 0.207 e. The van der Waals surface area contributed by atoms with E-state index in [1.165, 1.54) is 6.42 Å². The molecule has 4 nitrogen and oxygen atoms in total. The van der Waals surface area contributed by atoms with Gasteiger partial charge in [-0.2, -0.15) is 9.57 Å². The van der Waals surface area contributed by atoms with Gasteiger partial charge in [-0.3, -0.25) is 0 Å². The highest BCUT2D eigenvalue weighted by Crippen LogP contribution is 2.20. The molecular formula is C15H20N2O2S. The molecule has 1 fully saturated rings. The first-order chi connectivity index (χ1) is 9.64.